The molecule has 1 saturated carbocycles. The standard InChI is InChI=1S/C17H18Cl2N2O3/c1-9-14(16(22)24-13-8-4-7-12(13)19)15(21-17(23)20-9)10-5-2-3-6-11(10)18/h2-3,5-6,12-13,15H,4,7-8H2,1H3,(H2,20,21,23). The summed E-state index contributed by atoms with van der Waals surface area (Å²) in [5.74, 6) is -0.484. The van der Waals surface area contributed by atoms with E-state index in [1.807, 2.05) is 0 Å². The first-order chi connectivity index (χ1) is 11.5. The summed E-state index contributed by atoms with van der Waals surface area (Å²) in [5.41, 5.74) is 1.45. The van der Waals surface area contributed by atoms with E-state index in [9.17, 15) is 9.59 Å². The normalized spacial score (nSPS) is 26.8. The zero-order chi connectivity index (χ0) is 17.3. The van der Waals surface area contributed by atoms with E-state index in [0.717, 1.165) is 19.3 Å². The lowest BCUT2D eigenvalue weighted by Gasteiger charge is -2.29. The molecule has 5 nitrogen and oxygen atoms in total. The lowest BCUT2D eigenvalue weighted by molar-refractivity contribution is -0.144. The summed E-state index contributed by atoms with van der Waals surface area (Å²) in [6, 6.07) is 6.05. The topological polar surface area (TPSA) is 67.4 Å². The minimum atomic E-state index is -0.657. The van der Waals surface area contributed by atoms with Crippen molar-refractivity contribution < 1.29 is 14.3 Å². The Balaban J connectivity index is 1.92. The molecule has 128 valence electrons. The number of carbonyl (C=O) groups is 2. The monoisotopic (exact) mass is 368 g/mol. The van der Waals surface area contributed by atoms with Crippen molar-refractivity contribution in [1.82, 2.24) is 10.6 Å². The largest absolute Gasteiger partial charge is 0.457 e. The molecule has 7 heteroatoms. The second-order valence-electron chi connectivity index (χ2n) is 5.98. The first-order valence-electron chi connectivity index (χ1n) is 7.85. The highest BCUT2D eigenvalue weighted by Gasteiger charge is 2.36. The number of allylic oxidation sites excluding steroid dienone is 1. The summed E-state index contributed by atoms with van der Waals surface area (Å²) < 4.78 is 5.60. The van der Waals surface area contributed by atoms with Crippen molar-refractivity contribution in [2.45, 2.75) is 43.7 Å². The number of nitrogens with one attached hydrogen (secondary N) is 2. The maximum absolute atomic E-state index is 12.7. The van der Waals surface area contributed by atoms with E-state index in [4.69, 9.17) is 27.9 Å². The van der Waals surface area contributed by atoms with Crippen LogP contribution in [0, 0.1) is 0 Å². The van der Waals surface area contributed by atoms with E-state index in [-0.39, 0.29) is 17.5 Å². The molecule has 0 aromatic heterocycles. The van der Waals surface area contributed by atoms with Gasteiger partial charge in [0.05, 0.1) is 17.0 Å². The lowest BCUT2D eigenvalue weighted by atomic mass is 9.95. The van der Waals surface area contributed by atoms with Crippen molar-refractivity contribution >= 4 is 35.2 Å². The van der Waals surface area contributed by atoms with Crippen molar-refractivity contribution in [1.29, 1.82) is 0 Å². The smallest absolute Gasteiger partial charge is 0.338 e. The predicted octanol–water partition coefficient (Wildman–Crippen LogP) is 3.67. The van der Waals surface area contributed by atoms with Crippen LogP contribution in [0.5, 0.6) is 0 Å². The highest BCUT2D eigenvalue weighted by Crippen LogP contribution is 2.34. The number of amides is 2. The third-order valence-electron chi connectivity index (χ3n) is 4.34. The summed E-state index contributed by atoms with van der Waals surface area (Å²) in [5, 5.41) is 5.67. The Labute approximate surface area is 150 Å². The fourth-order valence-corrected chi connectivity index (χ4v) is 3.70. The zero-order valence-corrected chi connectivity index (χ0v) is 14.7. The van der Waals surface area contributed by atoms with Crippen LogP contribution in [0.3, 0.4) is 0 Å². The molecule has 1 aliphatic heterocycles. The second kappa shape index (κ2) is 7.03. The summed E-state index contributed by atoms with van der Waals surface area (Å²) in [7, 11) is 0. The quantitative estimate of drug-likeness (QED) is 0.631. The number of esters is 1. The number of hydrogen-bond donors (Lipinski definition) is 2. The number of alkyl halides is 1. The van der Waals surface area contributed by atoms with Crippen LogP contribution in [0.1, 0.15) is 37.8 Å². The van der Waals surface area contributed by atoms with Gasteiger partial charge in [0.15, 0.2) is 0 Å². The molecule has 1 fully saturated rings. The lowest BCUT2D eigenvalue weighted by Crippen LogP contribution is -2.45. The van der Waals surface area contributed by atoms with Gasteiger partial charge in [0.25, 0.3) is 0 Å². The Hall–Kier alpha value is -1.72. The van der Waals surface area contributed by atoms with Gasteiger partial charge in [-0.1, -0.05) is 29.8 Å². The number of urea groups is 1. The van der Waals surface area contributed by atoms with Gasteiger partial charge in [-0.2, -0.15) is 0 Å². The predicted molar refractivity (Wildman–Crippen MR) is 91.9 cm³/mol. The number of hydrogen-bond acceptors (Lipinski definition) is 3. The highest BCUT2D eigenvalue weighted by atomic mass is 35.5. The van der Waals surface area contributed by atoms with E-state index < -0.39 is 12.0 Å². The van der Waals surface area contributed by atoms with Crippen molar-refractivity contribution in [2.75, 3.05) is 0 Å². The first-order valence-corrected chi connectivity index (χ1v) is 8.66. The summed E-state index contributed by atoms with van der Waals surface area (Å²) in [6.45, 7) is 1.67. The van der Waals surface area contributed by atoms with Crippen LogP contribution in [-0.4, -0.2) is 23.5 Å². The third-order valence-corrected chi connectivity index (χ3v) is 5.18. The molecular weight excluding hydrogens is 351 g/mol. The van der Waals surface area contributed by atoms with Crippen LogP contribution in [0.2, 0.25) is 5.02 Å². The van der Waals surface area contributed by atoms with Gasteiger partial charge in [-0.15, -0.1) is 11.6 Å². The average Bonchev–Trinajstić information content (AvgIpc) is 2.92. The summed E-state index contributed by atoms with van der Waals surface area (Å²) >= 11 is 12.4. The molecule has 0 spiro atoms. The molecular formula is C17H18Cl2N2O3. The van der Waals surface area contributed by atoms with Gasteiger partial charge >= 0.3 is 12.0 Å². The molecule has 1 aliphatic carbocycles. The molecule has 2 aliphatic rings. The maximum atomic E-state index is 12.7. The molecule has 1 heterocycles. The first kappa shape index (κ1) is 17.1. The number of benzene rings is 1. The van der Waals surface area contributed by atoms with Crippen molar-refractivity contribution in [3.05, 3.63) is 46.1 Å². The molecule has 1 aromatic rings. The molecule has 3 rings (SSSR count). The molecule has 24 heavy (non-hydrogen) atoms. The molecule has 2 N–H and O–H groups in total. The van der Waals surface area contributed by atoms with Crippen LogP contribution in [0.25, 0.3) is 0 Å². The molecule has 3 unspecified atom stereocenters. The summed E-state index contributed by atoms with van der Waals surface area (Å²) in [6.07, 6.45) is 2.22. The molecule has 0 bridgehead atoms. The number of carbonyl (C=O) groups excluding carboxylic acids is 2. The van der Waals surface area contributed by atoms with Gasteiger partial charge in [0.2, 0.25) is 0 Å². The van der Waals surface area contributed by atoms with E-state index >= 15 is 0 Å². The van der Waals surface area contributed by atoms with Crippen LogP contribution < -0.4 is 10.6 Å². The molecule has 1 aromatic carbocycles. The zero-order valence-electron chi connectivity index (χ0n) is 13.1. The number of ether oxygens (including phenoxy) is 1. The molecule has 2 amide bonds. The van der Waals surface area contributed by atoms with Crippen LogP contribution in [-0.2, 0) is 9.53 Å². The Bertz CT molecular complexity index is 705. The van der Waals surface area contributed by atoms with Gasteiger partial charge in [0.1, 0.15) is 6.10 Å². The minimum absolute atomic E-state index is 0.167. The van der Waals surface area contributed by atoms with Crippen LogP contribution in [0.4, 0.5) is 4.79 Å². The Morgan fingerprint density at radius 3 is 2.71 bits per heavy atom. The van der Waals surface area contributed by atoms with Gasteiger partial charge in [-0.3, -0.25) is 0 Å². The van der Waals surface area contributed by atoms with Crippen molar-refractivity contribution in [2.24, 2.45) is 0 Å². The fourth-order valence-electron chi connectivity index (χ4n) is 3.12. The van der Waals surface area contributed by atoms with Crippen molar-refractivity contribution in [3.8, 4) is 0 Å². The average molecular weight is 369 g/mol. The Morgan fingerprint density at radius 1 is 1.29 bits per heavy atom. The molecule has 3 atom stereocenters. The fraction of sp³-hybridized carbons (Fsp3) is 0.412. The third kappa shape index (κ3) is 3.37. The number of halogens is 2. The van der Waals surface area contributed by atoms with Crippen molar-refractivity contribution in [3.63, 3.8) is 0 Å². The highest BCUT2D eigenvalue weighted by molar-refractivity contribution is 6.31. The van der Waals surface area contributed by atoms with Gasteiger partial charge < -0.3 is 15.4 Å². The van der Waals surface area contributed by atoms with Crippen LogP contribution >= 0.6 is 23.2 Å². The number of rotatable bonds is 3. The summed E-state index contributed by atoms with van der Waals surface area (Å²) in [4.78, 5) is 24.6. The van der Waals surface area contributed by atoms with Gasteiger partial charge in [-0.25, -0.2) is 9.59 Å². The van der Waals surface area contributed by atoms with Gasteiger partial charge in [0, 0.05) is 10.7 Å². The SMILES string of the molecule is CC1=C(C(=O)OC2CCCC2Cl)C(c2ccccc2Cl)NC(=O)N1. The molecule has 0 saturated heterocycles. The van der Waals surface area contributed by atoms with E-state index in [1.54, 1.807) is 31.2 Å². The Morgan fingerprint density at radius 2 is 2.04 bits per heavy atom. The van der Waals surface area contributed by atoms with Crippen LogP contribution in [0.15, 0.2) is 35.5 Å². The van der Waals surface area contributed by atoms with E-state index in [2.05, 4.69) is 10.6 Å². The minimum Gasteiger partial charge on any atom is -0.457 e. The Kier molecular flexibility index (Phi) is 5.01. The van der Waals surface area contributed by atoms with E-state index in [0.29, 0.717) is 21.9 Å². The van der Waals surface area contributed by atoms with Gasteiger partial charge in [-0.05, 0) is 37.8 Å². The second-order valence-corrected chi connectivity index (χ2v) is 6.95. The maximum Gasteiger partial charge on any atom is 0.338 e. The molecule has 0 radical (unpaired) electrons. The van der Waals surface area contributed by atoms with E-state index in [1.165, 1.54) is 0 Å².